The summed E-state index contributed by atoms with van der Waals surface area (Å²) >= 11 is 6.11. The number of hydrazone groups is 1. The molecule has 158 valence electrons. The van der Waals surface area contributed by atoms with E-state index in [1.807, 2.05) is 66.1 Å². The maximum Gasteiger partial charge on any atom is 0.269 e. The molecule has 0 unspecified atom stereocenters. The average molecular weight is 445 g/mol. The average Bonchev–Trinajstić information content (AvgIpc) is 3.12. The van der Waals surface area contributed by atoms with Crippen LogP contribution in [0.15, 0.2) is 77.9 Å². The number of anilines is 1. The SMILES string of the molecule is Cc1nnc2n1-c1ccccc1C(c1ccc(Cl)cc1)=NN2Cc1cccc([N+](=O)[O-])c1. The van der Waals surface area contributed by atoms with E-state index in [4.69, 9.17) is 16.7 Å². The van der Waals surface area contributed by atoms with Gasteiger partial charge in [-0.25, -0.2) is 5.01 Å². The molecule has 5 rings (SSSR count). The Bertz CT molecular complexity index is 1360. The van der Waals surface area contributed by atoms with Gasteiger partial charge in [0.25, 0.3) is 11.6 Å². The molecule has 4 aromatic rings. The maximum atomic E-state index is 11.2. The smallest absolute Gasteiger partial charge is 0.263 e. The largest absolute Gasteiger partial charge is 0.269 e. The standard InChI is InChI=1S/C23H17ClN6O2/c1-15-25-26-23-28(14-16-5-4-6-19(13-16)30(31)32)27-22(17-9-11-18(24)12-10-17)20-7-2-3-8-21(20)29(15)23/h2-13H,14H2,1H3. The summed E-state index contributed by atoms with van der Waals surface area (Å²) in [4.78, 5) is 10.8. The Balaban J connectivity index is 1.70. The third-order valence-electron chi connectivity index (χ3n) is 5.23. The molecule has 0 spiro atoms. The molecule has 0 amide bonds. The van der Waals surface area contributed by atoms with Crippen LogP contribution in [0.4, 0.5) is 11.6 Å². The number of nitro benzene ring substituents is 1. The lowest BCUT2D eigenvalue weighted by atomic mass is 10.0. The molecule has 0 saturated carbocycles. The second-order valence-corrected chi connectivity index (χ2v) is 7.78. The number of nitrogens with zero attached hydrogens (tertiary/aromatic N) is 6. The van der Waals surface area contributed by atoms with Crippen LogP contribution in [0, 0.1) is 17.0 Å². The van der Waals surface area contributed by atoms with Crippen molar-refractivity contribution in [3.05, 3.63) is 110 Å². The molecule has 8 nitrogen and oxygen atoms in total. The Labute approximate surface area is 188 Å². The minimum atomic E-state index is -0.406. The minimum Gasteiger partial charge on any atom is -0.263 e. The molecule has 0 radical (unpaired) electrons. The molecule has 3 aromatic carbocycles. The molecular formula is C23H17ClN6O2. The van der Waals surface area contributed by atoms with Gasteiger partial charge in [0.1, 0.15) is 11.5 Å². The fourth-order valence-electron chi connectivity index (χ4n) is 3.76. The lowest BCUT2D eigenvalue weighted by molar-refractivity contribution is -0.384. The van der Waals surface area contributed by atoms with Gasteiger partial charge in [0.15, 0.2) is 0 Å². The quantitative estimate of drug-likeness (QED) is 0.329. The van der Waals surface area contributed by atoms with Gasteiger partial charge >= 0.3 is 0 Å². The summed E-state index contributed by atoms with van der Waals surface area (Å²) in [5.41, 5.74) is 4.22. The molecule has 1 aliphatic heterocycles. The summed E-state index contributed by atoms with van der Waals surface area (Å²) < 4.78 is 1.94. The summed E-state index contributed by atoms with van der Waals surface area (Å²) in [6.45, 7) is 2.16. The number of fused-ring (bicyclic) bond motifs is 3. The number of aromatic nitrogens is 3. The second kappa shape index (κ2) is 7.90. The fourth-order valence-corrected chi connectivity index (χ4v) is 3.88. The fraction of sp³-hybridized carbons (Fsp3) is 0.0870. The van der Waals surface area contributed by atoms with Crippen molar-refractivity contribution in [1.29, 1.82) is 0 Å². The van der Waals surface area contributed by atoms with Gasteiger partial charge in [0.05, 0.1) is 17.2 Å². The van der Waals surface area contributed by atoms with E-state index >= 15 is 0 Å². The normalized spacial score (nSPS) is 12.6. The molecule has 0 aliphatic carbocycles. The van der Waals surface area contributed by atoms with E-state index in [0.717, 1.165) is 28.1 Å². The summed E-state index contributed by atoms with van der Waals surface area (Å²) in [6, 6.07) is 21.9. The number of rotatable bonds is 4. The van der Waals surface area contributed by atoms with Crippen molar-refractivity contribution >= 4 is 28.9 Å². The lowest BCUT2D eigenvalue weighted by Gasteiger charge is -2.18. The third kappa shape index (κ3) is 3.50. The van der Waals surface area contributed by atoms with Crippen molar-refractivity contribution in [3.8, 4) is 5.69 Å². The molecule has 0 bridgehead atoms. The molecule has 32 heavy (non-hydrogen) atoms. The van der Waals surface area contributed by atoms with Crippen LogP contribution >= 0.6 is 11.6 Å². The van der Waals surface area contributed by atoms with Crippen LogP contribution in [0.25, 0.3) is 5.69 Å². The molecule has 0 fully saturated rings. The van der Waals surface area contributed by atoms with Gasteiger partial charge < -0.3 is 0 Å². The molecule has 0 atom stereocenters. The molecular weight excluding hydrogens is 428 g/mol. The Morgan fingerprint density at radius 1 is 1.00 bits per heavy atom. The molecule has 0 N–H and O–H groups in total. The first kappa shape index (κ1) is 19.9. The van der Waals surface area contributed by atoms with Crippen molar-refractivity contribution in [3.63, 3.8) is 0 Å². The van der Waals surface area contributed by atoms with E-state index in [1.54, 1.807) is 17.1 Å². The van der Waals surface area contributed by atoms with E-state index in [-0.39, 0.29) is 12.2 Å². The summed E-state index contributed by atoms with van der Waals surface area (Å²) in [5, 5.41) is 27.2. The van der Waals surface area contributed by atoms with Crippen molar-refractivity contribution in [1.82, 2.24) is 14.8 Å². The summed E-state index contributed by atoms with van der Waals surface area (Å²) in [5.74, 6) is 1.24. The van der Waals surface area contributed by atoms with Crippen molar-refractivity contribution in [2.24, 2.45) is 5.10 Å². The predicted octanol–water partition coefficient (Wildman–Crippen LogP) is 4.91. The van der Waals surface area contributed by atoms with Crippen LogP contribution in [0.5, 0.6) is 0 Å². The van der Waals surface area contributed by atoms with Gasteiger partial charge in [0, 0.05) is 28.3 Å². The molecule has 1 aliphatic rings. The molecule has 0 saturated heterocycles. The van der Waals surface area contributed by atoms with Crippen LogP contribution in [0.3, 0.4) is 0 Å². The second-order valence-electron chi connectivity index (χ2n) is 7.34. The number of halogens is 1. The first-order valence-electron chi connectivity index (χ1n) is 9.88. The number of non-ortho nitro benzene ring substituents is 1. The number of hydrogen-bond acceptors (Lipinski definition) is 6. The van der Waals surface area contributed by atoms with Crippen molar-refractivity contribution in [2.45, 2.75) is 13.5 Å². The van der Waals surface area contributed by atoms with E-state index in [2.05, 4.69) is 10.2 Å². The Morgan fingerprint density at radius 2 is 1.78 bits per heavy atom. The monoisotopic (exact) mass is 444 g/mol. The van der Waals surface area contributed by atoms with E-state index in [9.17, 15) is 10.1 Å². The van der Waals surface area contributed by atoms with Gasteiger partial charge in [-0.05, 0) is 30.7 Å². The van der Waals surface area contributed by atoms with E-state index in [1.165, 1.54) is 6.07 Å². The highest BCUT2D eigenvalue weighted by Gasteiger charge is 2.26. The molecule has 1 aromatic heterocycles. The van der Waals surface area contributed by atoms with Gasteiger partial charge in [-0.1, -0.05) is 54.1 Å². The summed E-state index contributed by atoms with van der Waals surface area (Å²) in [6.07, 6.45) is 0. The van der Waals surface area contributed by atoms with Crippen LogP contribution < -0.4 is 5.01 Å². The van der Waals surface area contributed by atoms with Gasteiger partial charge in [-0.15, -0.1) is 10.2 Å². The first-order chi connectivity index (χ1) is 15.5. The lowest BCUT2D eigenvalue weighted by Crippen LogP contribution is -2.20. The van der Waals surface area contributed by atoms with E-state index in [0.29, 0.717) is 16.8 Å². The zero-order chi connectivity index (χ0) is 22.2. The van der Waals surface area contributed by atoms with Crippen LogP contribution in [0.1, 0.15) is 22.5 Å². The molecule has 2 heterocycles. The molecule has 9 heteroatoms. The zero-order valence-corrected chi connectivity index (χ0v) is 17.8. The van der Waals surface area contributed by atoms with E-state index < -0.39 is 4.92 Å². The van der Waals surface area contributed by atoms with Gasteiger partial charge in [0.2, 0.25) is 0 Å². The minimum absolute atomic E-state index is 0.0279. The number of hydrogen-bond donors (Lipinski definition) is 0. The first-order valence-corrected chi connectivity index (χ1v) is 10.3. The van der Waals surface area contributed by atoms with Gasteiger partial charge in [-0.3, -0.25) is 14.7 Å². The number of benzene rings is 3. The van der Waals surface area contributed by atoms with Gasteiger partial charge in [-0.2, -0.15) is 5.10 Å². The zero-order valence-electron chi connectivity index (χ0n) is 17.0. The van der Waals surface area contributed by atoms with Crippen LogP contribution in [-0.4, -0.2) is 25.4 Å². The number of nitro groups is 1. The Kier molecular flexibility index (Phi) is 4.91. The Morgan fingerprint density at radius 3 is 2.56 bits per heavy atom. The van der Waals surface area contributed by atoms with Crippen molar-refractivity contribution in [2.75, 3.05) is 5.01 Å². The number of aryl methyl sites for hydroxylation is 1. The predicted molar refractivity (Wildman–Crippen MR) is 122 cm³/mol. The maximum absolute atomic E-state index is 11.2. The van der Waals surface area contributed by atoms with Crippen LogP contribution in [0.2, 0.25) is 5.02 Å². The van der Waals surface area contributed by atoms with Crippen LogP contribution in [-0.2, 0) is 6.54 Å². The van der Waals surface area contributed by atoms with Crippen molar-refractivity contribution < 1.29 is 4.92 Å². The summed E-state index contributed by atoms with van der Waals surface area (Å²) in [7, 11) is 0. The highest BCUT2D eigenvalue weighted by molar-refractivity contribution is 6.30. The third-order valence-corrected chi connectivity index (χ3v) is 5.48. The topological polar surface area (TPSA) is 89.5 Å². The Hall–Kier alpha value is -4.04. The highest BCUT2D eigenvalue weighted by Crippen LogP contribution is 2.31. The highest BCUT2D eigenvalue weighted by atomic mass is 35.5. The number of para-hydroxylation sites is 1.